The van der Waals surface area contributed by atoms with E-state index in [9.17, 15) is 4.79 Å². The summed E-state index contributed by atoms with van der Waals surface area (Å²) in [5, 5.41) is 3.39. The predicted octanol–water partition coefficient (Wildman–Crippen LogP) is 2.99. The molecule has 1 N–H and O–H groups in total. The first-order valence-electron chi connectivity index (χ1n) is 6.30. The molecule has 0 atom stereocenters. The van der Waals surface area contributed by atoms with Gasteiger partial charge in [-0.05, 0) is 35.2 Å². The Bertz CT molecular complexity index is 634. The third kappa shape index (κ3) is 2.08. The van der Waals surface area contributed by atoms with Crippen molar-refractivity contribution in [3.8, 4) is 0 Å². The summed E-state index contributed by atoms with van der Waals surface area (Å²) < 4.78 is 4.85. The molecule has 2 aromatic carbocycles. The van der Waals surface area contributed by atoms with E-state index in [1.807, 2.05) is 24.3 Å². The van der Waals surface area contributed by atoms with E-state index in [-0.39, 0.29) is 5.97 Å². The van der Waals surface area contributed by atoms with Crippen LogP contribution < -0.4 is 5.32 Å². The van der Waals surface area contributed by atoms with Crippen molar-refractivity contribution in [1.29, 1.82) is 0 Å². The second-order valence-electron chi connectivity index (χ2n) is 4.62. The highest BCUT2D eigenvalue weighted by Gasteiger charge is 2.18. The summed E-state index contributed by atoms with van der Waals surface area (Å²) in [6.45, 7) is 0.650. The first-order chi connectivity index (χ1) is 9.29. The first-order valence-corrected chi connectivity index (χ1v) is 6.30. The van der Waals surface area contributed by atoms with Crippen molar-refractivity contribution in [1.82, 2.24) is 0 Å². The molecular formula is C16H15NO2. The fourth-order valence-electron chi connectivity index (χ4n) is 2.55. The number of carbonyl (C=O) groups excluding carboxylic acids is 1. The van der Waals surface area contributed by atoms with E-state index in [0.29, 0.717) is 12.1 Å². The van der Waals surface area contributed by atoms with Crippen LogP contribution in [0.5, 0.6) is 0 Å². The minimum absolute atomic E-state index is 0.274. The van der Waals surface area contributed by atoms with Crippen molar-refractivity contribution in [3.63, 3.8) is 0 Å². The number of fused-ring (bicyclic) bond motifs is 2. The molecule has 19 heavy (non-hydrogen) atoms. The van der Waals surface area contributed by atoms with Gasteiger partial charge in [0, 0.05) is 12.2 Å². The molecule has 0 radical (unpaired) electrons. The lowest BCUT2D eigenvalue weighted by Crippen LogP contribution is -2.10. The Morgan fingerprint density at radius 3 is 2.74 bits per heavy atom. The minimum atomic E-state index is -0.274. The quantitative estimate of drug-likeness (QED) is 0.794. The van der Waals surface area contributed by atoms with Crippen molar-refractivity contribution < 1.29 is 9.53 Å². The SMILES string of the molecule is COC(=O)c1cccc2c1CNc1ccccc1C2. The molecule has 3 heteroatoms. The van der Waals surface area contributed by atoms with E-state index in [2.05, 4.69) is 23.5 Å². The standard InChI is InChI=1S/C16H15NO2/c1-19-16(18)13-7-4-6-11-9-12-5-2-3-8-15(12)17-10-14(11)13/h2-8,17H,9-10H2,1H3. The third-order valence-electron chi connectivity index (χ3n) is 3.53. The summed E-state index contributed by atoms with van der Waals surface area (Å²) in [7, 11) is 1.42. The van der Waals surface area contributed by atoms with Gasteiger partial charge < -0.3 is 10.1 Å². The van der Waals surface area contributed by atoms with Gasteiger partial charge in [-0.25, -0.2) is 4.79 Å². The Morgan fingerprint density at radius 1 is 1.11 bits per heavy atom. The van der Waals surface area contributed by atoms with Crippen LogP contribution >= 0.6 is 0 Å². The van der Waals surface area contributed by atoms with Gasteiger partial charge in [-0.1, -0.05) is 30.3 Å². The molecule has 0 saturated carbocycles. The molecule has 1 aliphatic heterocycles. The second-order valence-corrected chi connectivity index (χ2v) is 4.62. The number of rotatable bonds is 1. The van der Waals surface area contributed by atoms with E-state index >= 15 is 0 Å². The van der Waals surface area contributed by atoms with Gasteiger partial charge in [0.25, 0.3) is 0 Å². The lowest BCUT2D eigenvalue weighted by atomic mass is 9.97. The molecule has 1 heterocycles. The minimum Gasteiger partial charge on any atom is -0.465 e. The van der Waals surface area contributed by atoms with Crippen LogP contribution in [0, 0.1) is 0 Å². The van der Waals surface area contributed by atoms with Crippen molar-refractivity contribution in [3.05, 3.63) is 64.7 Å². The zero-order valence-electron chi connectivity index (χ0n) is 10.8. The number of methoxy groups -OCH3 is 1. The Balaban J connectivity index is 2.08. The number of hydrogen-bond donors (Lipinski definition) is 1. The van der Waals surface area contributed by atoms with Crippen LogP contribution in [0.1, 0.15) is 27.0 Å². The predicted molar refractivity (Wildman–Crippen MR) is 74.4 cm³/mol. The van der Waals surface area contributed by atoms with Crippen LogP contribution in [0.25, 0.3) is 0 Å². The summed E-state index contributed by atoms with van der Waals surface area (Å²) in [4.78, 5) is 11.8. The van der Waals surface area contributed by atoms with E-state index in [1.54, 1.807) is 0 Å². The highest BCUT2D eigenvalue weighted by molar-refractivity contribution is 5.91. The molecule has 3 rings (SSSR count). The van der Waals surface area contributed by atoms with Crippen molar-refractivity contribution in [2.45, 2.75) is 13.0 Å². The highest BCUT2D eigenvalue weighted by Crippen LogP contribution is 2.28. The van der Waals surface area contributed by atoms with Crippen LogP contribution in [-0.2, 0) is 17.7 Å². The summed E-state index contributed by atoms with van der Waals surface area (Å²) in [6, 6.07) is 14.0. The molecule has 0 saturated heterocycles. The summed E-state index contributed by atoms with van der Waals surface area (Å²) in [5.74, 6) is -0.274. The third-order valence-corrected chi connectivity index (χ3v) is 3.53. The second kappa shape index (κ2) is 4.76. The van der Waals surface area contributed by atoms with Gasteiger partial charge in [0.05, 0.1) is 12.7 Å². The van der Waals surface area contributed by atoms with E-state index in [4.69, 9.17) is 4.74 Å². The number of carbonyl (C=O) groups is 1. The van der Waals surface area contributed by atoms with Crippen LogP contribution in [0.4, 0.5) is 5.69 Å². The van der Waals surface area contributed by atoms with Crippen molar-refractivity contribution in [2.75, 3.05) is 12.4 Å². The first kappa shape index (κ1) is 11.8. The van der Waals surface area contributed by atoms with E-state index in [1.165, 1.54) is 18.2 Å². The van der Waals surface area contributed by atoms with Crippen molar-refractivity contribution in [2.24, 2.45) is 0 Å². The topological polar surface area (TPSA) is 38.3 Å². The summed E-state index contributed by atoms with van der Waals surface area (Å²) in [5.41, 5.74) is 5.25. The van der Waals surface area contributed by atoms with Gasteiger partial charge in [0.1, 0.15) is 0 Å². The smallest absolute Gasteiger partial charge is 0.338 e. The van der Waals surface area contributed by atoms with Gasteiger partial charge in [-0.15, -0.1) is 0 Å². The zero-order valence-corrected chi connectivity index (χ0v) is 10.8. The van der Waals surface area contributed by atoms with Gasteiger partial charge >= 0.3 is 5.97 Å². The maximum atomic E-state index is 11.8. The number of ether oxygens (including phenoxy) is 1. The Kier molecular flexibility index (Phi) is 2.95. The van der Waals surface area contributed by atoms with Crippen LogP contribution in [0.15, 0.2) is 42.5 Å². The molecule has 0 aliphatic carbocycles. The monoisotopic (exact) mass is 253 g/mol. The maximum Gasteiger partial charge on any atom is 0.338 e. The van der Waals surface area contributed by atoms with Gasteiger partial charge in [-0.3, -0.25) is 0 Å². The Hall–Kier alpha value is -2.29. The normalized spacial score (nSPS) is 12.7. The van der Waals surface area contributed by atoms with Crippen LogP contribution in [0.3, 0.4) is 0 Å². The van der Waals surface area contributed by atoms with Gasteiger partial charge in [0.2, 0.25) is 0 Å². The average molecular weight is 253 g/mol. The van der Waals surface area contributed by atoms with Crippen molar-refractivity contribution >= 4 is 11.7 Å². The van der Waals surface area contributed by atoms with E-state index in [0.717, 1.165) is 17.7 Å². The largest absolute Gasteiger partial charge is 0.465 e. The Labute approximate surface area is 112 Å². The van der Waals surface area contributed by atoms with E-state index < -0.39 is 0 Å². The maximum absolute atomic E-state index is 11.8. The van der Waals surface area contributed by atoms with Crippen LogP contribution in [0.2, 0.25) is 0 Å². The number of esters is 1. The number of para-hydroxylation sites is 1. The summed E-state index contributed by atoms with van der Waals surface area (Å²) >= 11 is 0. The average Bonchev–Trinajstić information content (AvgIpc) is 2.65. The molecule has 0 spiro atoms. The highest BCUT2D eigenvalue weighted by atomic mass is 16.5. The molecule has 0 bridgehead atoms. The van der Waals surface area contributed by atoms with Crippen LogP contribution in [-0.4, -0.2) is 13.1 Å². The molecule has 96 valence electrons. The molecule has 2 aromatic rings. The zero-order chi connectivity index (χ0) is 13.2. The molecule has 0 amide bonds. The number of anilines is 1. The summed E-state index contributed by atoms with van der Waals surface area (Å²) in [6.07, 6.45) is 0.837. The Morgan fingerprint density at radius 2 is 1.89 bits per heavy atom. The number of nitrogens with one attached hydrogen (secondary N) is 1. The van der Waals surface area contributed by atoms with Gasteiger partial charge in [0.15, 0.2) is 0 Å². The number of hydrogen-bond acceptors (Lipinski definition) is 3. The molecule has 0 unspecified atom stereocenters. The fraction of sp³-hybridized carbons (Fsp3) is 0.188. The molecule has 0 aromatic heterocycles. The lowest BCUT2D eigenvalue weighted by Gasteiger charge is -2.10. The van der Waals surface area contributed by atoms with Gasteiger partial charge in [-0.2, -0.15) is 0 Å². The molecule has 1 aliphatic rings. The lowest BCUT2D eigenvalue weighted by molar-refractivity contribution is 0.0599. The fourth-order valence-corrected chi connectivity index (χ4v) is 2.55. The molecular weight excluding hydrogens is 238 g/mol. The molecule has 3 nitrogen and oxygen atoms in total. The molecule has 0 fully saturated rings. The number of benzene rings is 2.